The molecule has 1 aliphatic carbocycles. The van der Waals surface area contributed by atoms with Crippen LogP contribution in [0.15, 0.2) is 0 Å². The molecule has 108 valence electrons. The van der Waals surface area contributed by atoms with Crippen LogP contribution in [0, 0.1) is 11.8 Å². The molecule has 0 spiro atoms. The molecule has 0 aromatic carbocycles. The van der Waals surface area contributed by atoms with E-state index in [4.69, 9.17) is 0 Å². The summed E-state index contributed by atoms with van der Waals surface area (Å²) in [4.78, 5) is 14.5. The van der Waals surface area contributed by atoms with Crippen molar-refractivity contribution in [1.82, 2.24) is 10.2 Å². The molecule has 3 rings (SSSR count). The Morgan fingerprint density at radius 3 is 2.53 bits per heavy atom. The fraction of sp³-hybridized carbons (Fsp3) is 0.933. The molecule has 0 bridgehead atoms. The van der Waals surface area contributed by atoms with E-state index in [1.165, 1.54) is 50.3 Å². The van der Waals surface area contributed by atoms with Crippen molar-refractivity contribution >= 4 is 17.7 Å². The van der Waals surface area contributed by atoms with Gasteiger partial charge in [0.2, 0.25) is 5.91 Å². The molecule has 3 nitrogen and oxygen atoms in total. The maximum Gasteiger partial charge on any atom is 0.223 e. The van der Waals surface area contributed by atoms with Crippen molar-refractivity contribution in [2.24, 2.45) is 11.8 Å². The molecule has 4 heteroatoms. The lowest BCUT2D eigenvalue weighted by Gasteiger charge is -2.36. The molecule has 3 aliphatic rings. The largest absolute Gasteiger partial charge is 0.356 e. The zero-order valence-corrected chi connectivity index (χ0v) is 12.6. The van der Waals surface area contributed by atoms with Crippen LogP contribution in [0.25, 0.3) is 0 Å². The summed E-state index contributed by atoms with van der Waals surface area (Å²) in [6, 6.07) is 0.843. The van der Waals surface area contributed by atoms with Gasteiger partial charge in [0.1, 0.15) is 0 Å². The normalized spacial score (nSPS) is 30.2. The fourth-order valence-corrected chi connectivity index (χ4v) is 4.65. The maximum absolute atomic E-state index is 11.8. The van der Waals surface area contributed by atoms with Gasteiger partial charge in [-0.15, -0.1) is 0 Å². The summed E-state index contributed by atoms with van der Waals surface area (Å²) < 4.78 is 0. The van der Waals surface area contributed by atoms with Crippen molar-refractivity contribution in [3.63, 3.8) is 0 Å². The van der Waals surface area contributed by atoms with Crippen LogP contribution in [0.4, 0.5) is 0 Å². The monoisotopic (exact) mass is 282 g/mol. The average molecular weight is 282 g/mol. The van der Waals surface area contributed by atoms with Crippen LogP contribution in [0.5, 0.6) is 0 Å². The number of likely N-dealkylation sites (tertiary alicyclic amines) is 1. The molecule has 0 radical (unpaired) electrons. The lowest BCUT2D eigenvalue weighted by Crippen LogP contribution is -2.44. The van der Waals surface area contributed by atoms with E-state index in [1.54, 1.807) is 0 Å². The third kappa shape index (κ3) is 3.46. The Labute approximate surface area is 120 Å². The van der Waals surface area contributed by atoms with E-state index in [0.29, 0.717) is 17.7 Å². The molecule has 2 heterocycles. The second kappa shape index (κ2) is 6.49. The third-order valence-corrected chi connectivity index (χ3v) is 6.26. The van der Waals surface area contributed by atoms with E-state index in [0.717, 1.165) is 25.4 Å². The summed E-state index contributed by atoms with van der Waals surface area (Å²) in [5.74, 6) is 4.07. The Balaban J connectivity index is 1.34. The number of rotatable bonds is 4. The first-order valence-corrected chi connectivity index (χ1v) is 9.08. The number of thioether (sulfide) groups is 1. The van der Waals surface area contributed by atoms with Crippen molar-refractivity contribution in [3.8, 4) is 0 Å². The maximum atomic E-state index is 11.8. The first-order chi connectivity index (χ1) is 9.33. The number of hydrogen-bond acceptors (Lipinski definition) is 3. The Hall–Kier alpha value is -0.220. The molecule has 1 atom stereocenters. The molecule has 2 saturated heterocycles. The number of nitrogens with one attached hydrogen (secondary N) is 1. The summed E-state index contributed by atoms with van der Waals surface area (Å²) in [5, 5.41) is 3.18. The zero-order valence-electron chi connectivity index (χ0n) is 11.8. The summed E-state index contributed by atoms with van der Waals surface area (Å²) in [6.45, 7) is 3.41. The van der Waals surface area contributed by atoms with Crippen molar-refractivity contribution in [2.45, 2.75) is 44.6 Å². The molecule has 1 saturated carbocycles. The summed E-state index contributed by atoms with van der Waals surface area (Å²) in [6.07, 6.45) is 7.40. The molecule has 1 N–H and O–H groups in total. The highest BCUT2D eigenvalue weighted by atomic mass is 32.2. The number of carbonyl (C=O) groups excluding carboxylic acids is 1. The third-order valence-electron chi connectivity index (χ3n) is 5.11. The van der Waals surface area contributed by atoms with Gasteiger partial charge in [0.25, 0.3) is 0 Å². The Morgan fingerprint density at radius 2 is 1.95 bits per heavy atom. The van der Waals surface area contributed by atoms with E-state index in [-0.39, 0.29) is 0 Å². The van der Waals surface area contributed by atoms with Crippen LogP contribution in [0.2, 0.25) is 0 Å². The number of carbonyl (C=O) groups is 1. The molecule has 2 aliphatic heterocycles. The molecule has 0 aromatic heterocycles. The highest BCUT2D eigenvalue weighted by Gasteiger charge is 2.29. The summed E-state index contributed by atoms with van der Waals surface area (Å²) >= 11 is 2.10. The first kappa shape index (κ1) is 13.7. The number of nitrogens with zero attached hydrogens (tertiary/aromatic N) is 1. The van der Waals surface area contributed by atoms with Crippen LogP contribution in [0.1, 0.15) is 38.5 Å². The van der Waals surface area contributed by atoms with E-state index in [9.17, 15) is 4.79 Å². The predicted octanol–water partition coefficient (Wildman–Crippen LogP) is 2.12. The quantitative estimate of drug-likeness (QED) is 0.857. The van der Waals surface area contributed by atoms with Gasteiger partial charge in [-0.05, 0) is 56.9 Å². The topological polar surface area (TPSA) is 32.3 Å². The predicted molar refractivity (Wildman–Crippen MR) is 80.4 cm³/mol. The highest BCUT2D eigenvalue weighted by molar-refractivity contribution is 7.99. The van der Waals surface area contributed by atoms with Crippen LogP contribution >= 0.6 is 11.8 Å². The van der Waals surface area contributed by atoms with Crippen LogP contribution in [-0.2, 0) is 4.79 Å². The van der Waals surface area contributed by atoms with Crippen molar-refractivity contribution in [1.29, 1.82) is 0 Å². The van der Waals surface area contributed by atoms with E-state index in [1.807, 2.05) is 0 Å². The van der Waals surface area contributed by atoms with Crippen molar-refractivity contribution in [3.05, 3.63) is 0 Å². The number of hydrogen-bond donors (Lipinski definition) is 1. The van der Waals surface area contributed by atoms with Gasteiger partial charge in [-0.1, -0.05) is 6.42 Å². The van der Waals surface area contributed by atoms with Gasteiger partial charge in [-0.25, -0.2) is 0 Å². The Morgan fingerprint density at radius 1 is 1.16 bits per heavy atom. The van der Waals surface area contributed by atoms with E-state index >= 15 is 0 Å². The van der Waals surface area contributed by atoms with Crippen molar-refractivity contribution < 1.29 is 4.79 Å². The molecule has 1 amide bonds. The summed E-state index contributed by atoms with van der Waals surface area (Å²) in [5.41, 5.74) is 0. The van der Waals surface area contributed by atoms with Gasteiger partial charge in [0.15, 0.2) is 0 Å². The van der Waals surface area contributed by atoms with Gasteiger partial charge < -0.3 is 5.32 Å². The Bertz CT molecular complexity index is 305. The minimum Gasteiger partial charge on any atom is -0.356 e. The smallest absolute Gasteiger partial charge is 0.223 e. The van der Waals surface area contributed by atoms with Gasteiger partial charge in [0.05, 0.1) is 0 Å². The van der Waals surface area contributed by atoms with Gasteiger partial charge in [0, 0.05) is 24.3 Å². The highest BCUT2D eigenvalue weighted by Crippen LogP contribution is 2.28. The zero-order chi connectivity index (χ0) is 13.1. The Kier molecular flexibility index (Phi) is 4.69. The van der Waals surface area contributed by atoms with Crippen LogP contribution < -0.4 is 5.32 Å². The SMILES string of the molecule is O=C(NCC1CCN(C2CCSC2)CC1)C1CCC1. The van der Waals surface area contributed by atoms with E-state index in [2.05, 4.69) is 22.0 Å². The second-order valence-electron chi connectivity index (χ2n) is 6.37. The standard InChI is InChI=1S/C15H26N2OS/c18-15(13-2-1-3-13)16-10-12-4-7-17(8-5-12)14-6-9-19-11-14/h12-14H,1-11H2,(H,16,18). The summed E-state index contributed by atoms with van der Waals surface area (Å²) in [7, 11) is 0. The van der Waals surface area contributed by atoms with Gasteiger partial charge >= 0.3 is 0 Å². The van der Waals surface area contributed by atoms with Gasteiger partial charge in [-0.3, -0.25) is 9.69 Å². The van der Waals surface area contributed by atoms with Crippen LogP contribution in [0.3, 0.4) is 0 Å². The first-order valence-electron chi connectivity index (χ1n) is 7.92. The van der Waals surface area contributed by atoms with E-state index < -0.39 is 0 Å². The van der Waals surface area contributed by atoms with Gasteiger partial charge in [-0.2, -0.15) is 11.8 Å². The molecular formula is C15H26N2OS. The molecular weight excluding hydrogens is 256 g/mol. The lowest BCUT2D eigenvalue weighted by atomic mass is 9.84. The second-order valence-corrected chi connectivity index (χ2v) is 7.52. The lowest BCUT2D eigenvalue weighted by molar-refractivity contribution is -0.127. The number of amides is 1. The average Bonchev–Trinajstić information content (AvgIpc) is 2.89. The van der Waals surface area contributed by atoms with Crippen molar-refractivity contribution in [2.75, 3.05) is 31.1 Å². The fourth-order valence-electron chi connectivity index (χ4n) is 3.39. The minimum atomic E-state index is 0.320. The minimum absolute atomic E-state index is 0.320. The molecule has 3 fully saturated rings. The molecule has 0 aromatic rings. The molecule has 1 unspecified atom stereocenters. The van der Waals surface area contributed by atoms with Crippen LogP contribution in [-0.4, -0.2) is 48.0 Å². The molecule has 19 heavy (non-hydrogen) atoms. The number of piperidine rings is 1.